The van der Waals surface area contributed by atoms with E-state index in [1.165, 1.54) is 0 Å². The summed E-state index contributed by atoms with van der Waals surface area (Å²) in [5.41, 5.74) is 11.1. The lowest BCUT2D eigenvalue weighted by molar-refractivity contribution is 0.330. The summed E-state index contributed by atoms with van der Waals surface area (Å²) in [6, 6.07) is 12.7. The molecule has 1 aliphatic rings. The number of aryl methyl sites for hydroxylation is 1. The first kappa shape index (κ1) is 20.6. The third-order valence-electron chi connectivity index (χ3n) is 5.93. The van der Waals surface area contributed by atoms with Gasteiger partial charge in [0.15, 0.2) is 0 Å². The molecule has 0 atom stereocenters. The van der Waals surface area contributed by atoms with E-state index in [4.69, 9.17) is 5.73 Å². The van der Waals surface area contributed by atoms with Crippen LogP contribution in [0.3, 0.4) is 0 Å². The predicted molar refractivity (Wildman–Crippen MR) is 124 cm³/mol. The molecule has 0 radical (unpaired) electrons. The summed E-state index contributed by atoms with van der Waals surface area (Å²) < 4.78 is 25.9. The van der Waals surface area contributed by atoms with E-state index < -0.39 is 10.0 Å². The fourth-order valence-corrected chi connectivity index (χ4v) is 5.15. The first-order valence-corrected chi connectivity index (χ1v) is 12.0. The van der Waals surface area contributed by atoms with Crippen LogP contribution < -0.4 is 11.1 Å². The van der Waals surface area contributed by atoms with Gasteiger partial charge in [0.1, 0.15) is 0 Å². The van der Waals surface area contributed by atoms with Crippen molar-refractivity contribution in [2.45, 2.75) is 32.7 Å². The number of nitrogens with one attached hydrogen (secondary N) is 1. The van der Waals surface area contributed by atoms with Gasteiger partial charge in [0, 0.05) is 48.3 Å². The number of aromatic nitrogens is 1. The fraction of sp³-hybridized carbons (Fsp3) is 0.348. The zero-order valence-corrected chi connectivity index (χ0v) is 18.2. The van der Waals surface area contributed by atoms with Gasteiger partial charge in [-0.3, -0.25) is 4.98 Å². The number of benzene rings is 2. The number of fused-ring (bicyclic) bond motifs is 1. The number of hydrogen-bond donors (Lipinski definition) is 2. The van der Waals surface area contributed by atoms with Crippen molar-refractivity contribution >= 4 is 32.2 Å². The molecule has 30 heavy (non-hydrogen) atoms. The number of anilines is 2. The average Bonchev–Trinajstić information content (AvgIpc) is 2.76. The number of nitrogen functional groups attached to an aromatic ring is 1. The Kier molecular flexibility index (Phi) is 5.66. The summed E-state index contributed by atoms with van der Waals surface area (Å²) in [4.78, 5) is 4.31. The summed E-state index contributed by atoms with van der Waals surface area (Å²) in [5.74, 6) is 0.157. The largest absolute Gasteiger partial charge is 0.399 e. The van der Waals surface area contributed by atoms with Crippen molar-refractivity contribution in [1.82, 2.24) is 9.29 Å². The number of pyridine rings is 1. The lowest BCUT2D eigenvalue weighted by Crippen LogP contribution is -2.42. The second-order valence-corrected chi connectivity index (χ2v) is 10.2. The van der Waals surface area contributed by atoms with Gasteiger partial charge < -0.3 is 11.1 Å². The van der Waals surface area contributed by atoms with Gasteiger partial charge in [0.25, 0.3) is 0 Å². The third-order valence-corrected chi connectivity index (χ3v) is 7.81. The third kappa shape index (κ3) is 4.13. The molecule has 158 valence electrons. The summed E-state index contributed by atoms with van der Waals surface area (Å²) in [7, 11) is -3.12. The lowest BCUT2D eigenvalue weighted by Gasteiger charge is -2.32. The molecule has 3 aromatic rings. The van der Waals surface area contributed by atoms with E-state index in [2.05, 4.69) is 28.5 Å². The van der Waals surface area contributed by atoms with E-state index >= 15 is 0 Å². The minimum absolute atomic E-state index is 0.157. The Hall–Kier alpha value is -2.64. The van der Waals surface area contributed by atoms with Crippen LogP contribution in [0.4, 0.5) is 11.4 Å². The smallest absolute Gasteiger partial charge is 0.213 e. The molecule has 0 unspecified atom stereocenters. The molecule has 0 spiro atoms. The Morgan fingerprint density at radius 1 is 1.13 bits per heavy atom. The number of nitrogens with zero attached hydrogens (tertiary/aromatic N) is 2. The second kappa shape index (κ2) is 8.24. The van der Waals surface area contributed by atoms with Crippen LogP contribution in [0.5, 0.6) is 0 Å². The maximum Gasteiger partial charge on any atom is 0.213 e. The van der Waals surface area contributed by atoms with Gasteiger partial charge in [0.05, 0.1) is 5.75 Å². The summed E-state index contributed by atoms with van der Waals surface area (Å²) >= 11 is 0. The molecule has 1 aliphatic heterocycles. The Bertz CT molecular complexity index is 1170. The number of hydrogen-bond acceptors (Lipinski definition) is 5. The summed E-state index contributed by atoms with van der Waals surface area (Å²) in [6.45, 7) is 4.83. The molecule has 0 amide bonds. The van der Waals surface area contributed by atoms with E-state index in [0.29, 0.717) is 13.1 Å². The Morgan fingerprint density at radius 2 is 1.90 bits per heavy atom. The molecule has 0 aliphatic carbocycles. The van der Waals surface area contributed by atoms with Crippen LogP contribution in [0.1, 0.15) is 25.3 Å². The molecule has 6 nitrogen and oxygen atoms in total. The minimum atomic E-state index is -3.12. The van der Waals surface area contributed by atoms with Gasteiger partial charge in [-0.2, -0.15) is 0 Å². The fourth-order valence-electron chi connectivity index (χ4n) is 4.02. The van der Waals surface area contributed by atoms with Gasteiger partial charge in [0.2, 0.25) is 10.0 Å². The molecule has 2 heterocycles. The van der Waals surface area contributed by atoms with E-state index in [9.17, 15) is 8.42 Å². The first-order chi connectivity index (χ1) is 14.4. The van der Waals surface area contributed by atoms with Crippen molar-refractivity contribution < 1.29 is 8.42 Å². The molecule has 0 bridgehead atoms. The van der Waals surface area contributed by atoms with Crippen LogP contribution in [-0.2, 0) is 10.0 Å². The molecule has 0 saturated carbocycles. The molecule has 1 aromatic heterocycles. The van der Waals surface area contributed by atoms with Gasteiger partial charge in [-0.25, -0.2) is 12.7 Å². The molecule has 3 N–H and O–H groups in total. The molecular weight excluding hydrogens is 396 g/mol. The monoisotopic (exact) mass is 424 g/mol. The lowest BCUT2D eigenvalue weighted by atomic mass is 9.98. The van der Waals surface area contributed by atoms with Crippen LogP contribution in [0.2, 0.25) is 0 Å². The summed E-state index contributed by atoms with van der Waals surface area (Å²) in [5, 5.41) is 5.85. The standard InChI is InChI=1S/C23H28N4O2S/c1-3-30(28,29)27-10-7-20(8-11-27)26-23-14-19(13-18-6-9-25-15-21(18)23)17-4-5-22(24)16(2)12-17/h4-6,9,12-15,20,26H,3,7-8,10-11,24H2,1-2H3. The van der Waals surface area contributed by atoms with E-state index in [-0.39, 0.29) is 11.8 Å². The number of nitrogens with two attached hydrogens (primary N) is 1. The SMILES string of the molecule is CCS(=O)(=O)N1CCC(Nc2cc(-c3ccc(N)c(C)c3)cc3ccncc23)CC1. The Morgan fingerprint density at radius 3 is 2.60 bits per heavy atom. The molecule has 7 heteroatoms. The number of sulfonamides is 1. The highest BCUT2D eigenvalue weighted by Gasteiger charge is 2.26. The Balaban J connectivity index is 1.63. The zero-order valence-electron chi connectivity index (χ0n) is 17.4. The minimum Gasteiger partial charge on any atom is -0.399 e. The van der Waals surface area contributed by atoms with Crippen LogP contribution >= 0.6 is 0 Å². The number of piperidine rings is 1. The van der Waals surface area contributed by atoms with Gasteiger partial charge in [-0.1, -0.05) is 6.07 Å². The second-order valence-electron chi connectivity index (χ2n) is 7.91. The summed E-state index contributed by atoms with van der Waals surface area (Å²) in [6.07, 6.45) is 5.25. The van der Waals surface area contributed by atoms with Crippen LogP contribution in [0, 0.1) is 6.92 Å². The topological polar surface area (TPSA) is 88.3 Å². The molecule has 2 aromatic carbocycles. The highest BCUT2D eigenvalue weighted by Crippen LogP contribution is 2.33. The van der Waals surface area contributed by atoms with Crippen molar-refractivity contribution in [3.05, 3.63) is 54.4 Å². The Labute approximate surface area is 178 Å². The predicted octanol–water partition coefficient (Wildman–Crippen LogP) is 4.02. The average molecular weight is 425 g/mol. The maximum absolute atomic E-state index is 12.1. The van der Waals surface area contributed by atoms with Crippen LogP contribution in [0.25, 0.3) is 21.9 Å². The van der Waals surface area contributed by atoms with Crippen molar-refractivity contribution in [3.8, 4) is 11.1 Å². The molecular formula is C23H28N4O2S. The van der Waals surface area contributed by atoms with Gasteiger partial charge >= 0.3 is 0 Å². The highest BCUT2D eigenvalue weighted by atomic mass is 32.2. The van der Waals surface area contributed by atoms with Crippen LogP contribution in [0.15, 0.2) is 48.8 Å². The molecule has 4 rings (SSSR count). The van der Waals surface area contributed by atoms with Crippen molar-refractivity contribution in [1.29, 1.82) is 0 Å². The van der Waals surface area contributed by atoms with E-state index in [0.717, 1.165) is 51.7 Å². The highest BCUT2D eigenvalue weighted by molar-refractivity contribution is 7.89. The maximum atomic E-state index is 12.1. The van der Waals surface area contributed by atoms with Gasteiger partial charge in [-0.15, -0.1) is 0 Å². The van der Waals surface area contributed by atoms with Crippen molar-refractivity contribution in [3.63, 3.8) is 0 Å². The van der Waals surface area contributed by atoms with E-state index in [1.807, 2.05) is 31.3 Å². The van der Waals surface area contributed by atoms with Crippen molar-refractivity contribution in [2.24, 2.45) is 0 Å². The quantitative estimate of drug-likeness (QED) is 0.604. The van der Waals surface area contributed by atoms with Gasteiger partial charge in [-0.05, 0) is 79.1 Å². The normalized spacial score (nSPS) is 16.1. The van der Waals surface area contributed by atoms with Crippen LogP contribution in [-0.4, -0.2) is 42.6 Å². The van der Waals surface area contributed by atoms with Crippen molar-refractivity contribution in [2.75, 3.05) is 29.9 Å². The van der Waals surface area contributed by atoms with E-state index in [1.54, 1.807) is 17.4 Å². The first-order valence-electron chi connectivity index (χ1n) is 10.4. The number of rotatable bonds is 5. The zero-order chi connectivity index (χ0) is 21.3. The molecule has 1 fully saturated rings. The molecule has 1 saturated heterocycles.